The van der Waals surface area contributed by atoms with Crippen LogP contribution in [0.4, 0.5) is 10.5 Å². The number of aliphatic hydroxyl groups excluding tert-OH is 1. The lowest BCUT2D eigenvalue weighted by Gasteiger charge is -2.22. The molecule has 2 amide bonds. The molecule has 3 N–H and O–H groups in total. The number of halogens is 1. The van der Waals surface area contributed by atoms with Gasteiger partial charge in [-0.05, 0) is 47.2 Å². The van der Waals surface area contributed by atoms with Crippen molar-refractivity contribution in [1.82, 2.24) is 4.90 Å². The quantitative estimate of drug-likeness (QED) is 0.608. The van der Waals surface area contributed by atoms with Crippen LogP contribution >= 0.6 is 22.6 Å². The number of unbranched alkanes of at least 4 members (excludes halogenated alkanes) is 1. The van der Waals surface area contributed by atoms with E-state index in [2.05, 4.69) is 5.32 Å². The summed E-state index contributed by atoms with van der Waals surface area (Å²) >= 11 is 2.01. The molecule has 0 heterocycles. The normalized spacial score (nSPS) is 10.2. The van der Waals surface area contributed by atoms with Crippen LogP contribution < -0.4 is 5.32 Å². The van der Waals surface area contributed by atoms with Crippen molar-refractivity contribution in [3.8, 4) is 0 Å². The van der Waals surface area contributed by atoms with Crippen LogP contribution in [0.25, 0.3) is 0 Å². The molecule has 0 spiro atoms. The molecule has 1 rings (SSSR count). The first-order valence-electron chi connectivity index (χ1n) is 6.69. The summed E-state index contributed by atoms with van der Waals surface area (Å²) in [6.07, 6.45) is 1.75. The highest BCUT2D eigenvalue weighted by atomic mass is 127. The molecule has 0 saturated carbocycles. The summed E-state index contributed by atoms with van der Waals surface area (Å²) in [6.45, 7) is 2.63. The average molecular weight is 406 g/mol. The second kappa shape index (κ2) is 8.83. The molecule has 6 nitrogen and oxygen atoms in total. The second-order valence-corrected chi connectivity index (χ2v) is 5.74. The van der Waals surface area contributed by atoms with Gasteiger partial charge in [-0.25, -0.2) is 9.59 Å². The molecule has 116 valence electrons. The van der Waals surface area contributed by atoms with Gasteiger partial charge in [0.25, 0.3) is 0 Å². The van der Waals surface area contributed by atoms with Crippen LogP contribution in [-0.4, -0.2) is 46.8 Å². The molecule has 21 heavy (non-hydrogen) atoms. The molecule has 0 radical (unpaired) electrons. The van der Waals surface area contributed by atoms with Gasteiger partial charge in [-0.15, -0.1) is 0 Å². The number of urea groups is 1. The van der Waals surface area contributed by atoms with Gasteiger partial charge in [-0.1, -0.05) is 13.3 Å². The third-order valence-electron chi connectivity index (χ3n) is 2.89. The summed E-state index contributed by atoms with van der Waals surface area (Å²) in [7, 11) is 0. The summed E-state index contributed by atoms with van der Waals surface area (Å²) in [5, 5.41) is 20.8. The Morgan fingerprint density at radius 2 is 2.05 bits per heavy atom. The maximum Gasteiger partial charge on any atom is 0.337 e. The highest BCUT2D eigenvalue weighted by molar-refractivity contribution is 14.1. The summed E-state index contributed by atoms with van der Waals surface area (Å²) in [6, 6.07) is 4.40. The number of carboxylic acid groups (broad SMARTS) is 1. The van der Waals surface area contributed by atoms with Crippen LogP contribution in [0.15, 0.2) is 18.2 Å². The third kappa shape index (κ3) is 5.50. The van der Waals surface area contributed by atoms with Crippen molar-refractivity contribution in [2.45, 2.75) is 19.8 Å². The number of carbonyl (C=O) groups excluding carboxylic acids is 1. The second-order valence-electron chi connectivity index (χ2n) is 4.49. The largest absolute Gasteiger partial charge is 0.478 e. The van der Waals surface area contributed by atoms with Gasteiger partial charge in [-0.3, -0.25) is 0 Å². The first-order valence-corrected chi connectivity index (χ1v) is 7.77. The molecule has 1 aromatic carbocycles. The minimum absolute atomic E-state index is 0.0506. The molecule has 0 bridgehead atoms. The monoisotopic (exact) mass is 406 g/mol. The number of amides is 2. The Balaban J connectivity index is 2.87. The van der Waals surface area contributed by atoms with Crippen molar-refractivity contribution < 1.29 is 19.8 Å². The van der Waals surface area contributed by atoms with E-state index in [1.807, 2.05) is 29.5 Å². The Labute approximate surface area is 137 Å². The lowest BCUT2D eigenvalue weighted by Crippen LogP contribution is -2.38. The van der Waals surface area contributed by atoms with Crippen molar-refractivity contribution in [2.75, 3.05) is 25.0 Å². The number of carbonyl (C=O) groups is 2. The van der Waals surface area contributed by atoms with Gasteiger partial charge in [0.1, 0.15) is 0 Å². The Morgan fingerprint density at radius 1 is 1.33 bits per heavy atom. The van der Waals surface area contributed by atoms with Gasteiger partial charge >= 0.3 is 12.0 Å². The van der Waals surface area contributed by atoms with Gasteiger partial charge in [0.2, 0.25) is 0 Å². The number of aliphatic hydroxyl groups is 1. The Hall–Kier alpha value is -1.35. The SMILES string of the molecule is CCCCN(CCO)C(=O)Nc1ccc(I)cc1C(=O)O. The number of rotatable bonds is 7. The van der Waals surface area contributed by atoms with E-state index in [0.717, 1.165) is 16.4 Å². The van der Waals surface area contributed by atoms with Gasteiger partial charge in [0.15, 0.2) is 0 Å². The zero-order valence-electron chi connectivity index (χ0n) is 11.8. The van der Waals surface area contributed by atoms with E-state index >= 15 is 0 Å². The molecule has 7 heteroatoms. The van der Waals surface area contributed by atoms with E-state index in [9.17, 15) is 14.7 Å². The van der Waals surface area contributed by atoms with Crippen molar-refractivity contribution in [3.05, 3.63) is 27.3 Å². The maximum atomic E-state index is 12.2. The number of anilines is 1. The van der Waals surface area contributed by atoms with Crippen molar-refractivity contribution >= 4 is 40.3 Å². The molecule has 0 unspecified atom stereocenters. The number of benzene rings is 1. The zero-order chi connectivity index (χ0) is 15.8. The van der Waals surface area contributed by atoms with Crippen LogP contribution in [0.1, 0.15) is 30.1 Å². The number of aromatic carboxylic acids is 1. The molecular formula is C14H19IN2O4. The fourth-order valence-corrected chi connectivity index (χ4v) is 2.27. The number of hydrogen-bond acceptors (Lipinski definition) is 3. The zero-order valence-corrected chi connectivity index (χ0v) is 14.0. The Kier molecular flexibility index (Phi) is 7.44. The number of nitrogens with one attached hydrogen (secondary N) is 1. The van der Waals surface area contributed by atoms with Gasteiger partial charge in [0.05, 0.1) is 17.9 Å². The fourth-order valence-electron chi connectivity index (χ4n) is 1.78. The molecule has 0 aliphatic heterocycles. The third-order valence-corrected chi connectivity index (χ3v) is 3.56. The maximum absolute atomic E-state index is 12.2. The highest BCUT2D eigenvalue weighted by Gasteiger charge is 2.17. The summed E-state index contributed by atoms with van der Waals surface area (Å²) in [5.74, 6) is -1.09. The molecule has 1 aromatic rings. The standard InChI is InChI=1S/C14H19IN2O4/c1-2-3-6-17(7-8-18)14(21)16-12-5-4-10(15)9-11(12)13(19)20/h4-5,9,18H,2-3,6-8H2,1H3,(H,16,21)(H,19,20). The fraction of sp³-hybridized carbons (Fsp3) is 0.429. The summed E-state index contributed by atoms with van der Waals surface area (Å²) in [4.78, 5) is 24.9. The van der Waals surface area contributed by atoms with E-state index in [1.165, 1.54) is 11.0 Å². The van der Waals surface area contributed by atoms with Gasteiger partial charge in [0, 0.05) is 16.7 Å². The molecule has 0 saturated heterocycles. The van der Waals surface area contributed by atoms with Crippen LogP contribution in [0.2, 0.25) is 0 Å². The van der Waals surface area contributed by atoms with E-state index in [-0.39, 0.29) is 24.4 Å². The molecule has 0 fully saturated rings. The molecule has 0 atom stereocenters. The van der Waals surface area contributed by atoms with Crippen LogP contribution in [-0.2, 0) is 0 Å². The molecule has 0 aliphatic carbocycles. The van der Waals surface area contributed by atoms with E-state index in [1.54, 1.807) is 12.1 Å². The highest BCUT2D eigenvalue weighted by Crippen LogP contribution is 2.19. The average Bonchev–Trinajstić information content (AvgIpc) is 2.45. The Bertz CT molecular complexity index is 508. The van der Waals surface area contributed by atoms with E-state index in [0.29, 0.717) is 6.54 Å². The summed E-state index contributed by atoms with van der Waals surface area (Å²) in [5.41, 5.74) is 0.307. The van der Waals surface area contributed by atoms with E-state index in [4.69, 9.17) is 5.11 Å². The number of hydrogen-bond donors (Lipinski definition) is 3. The first-order chi connectivity index (χ1) is 9.99. The minimum Gasteiger partial charge on any atom is -0.478 e. The molecular weight excluding hydrogens is 387 g/mol. The number of nitrogens with zero attached hydrogens (tertiary/aromatic N) is 1. The van der Waals surface area contributed by atoms with E-state index < -0.39 is 12.0 Å². The Morgan fingerprint density at radius 3 is 2.62 bits per heavy atom. The number of carboxylic acids is 1. The predicted molar refractivity (Wildman–Crippen MR) is 88.7 cm³/mol. The van der Waals surface area contributed by atoms with Crippen molar-refractivity contribution in [2.24, 2.45) is 0 Å². The summed E-state index contributed by atoms with van der Waals surface area (Å²) < 4.78 is 0.779. The minimum atomic E-state index is -1.09. The van der Waals surface area contributed by atoms with Crippen LogP contribution in [0, 0.1) is 3.57 Å². The smallest absolute Gasteiger partial charge is 0.337 e. The lowest BCUT2D eigenvalue weighted by molar-refractivity contribution is 0.0698. The lowest BCUT2D eigenvalue weighted by atomic mass is 10.2. The topological polar surface area (TPSA) is 89.9 Å². The first kappa shape index (κ1) is 17.7. The molecule has 0 aromatic heterocycles. The molecule has 0 aliphatic rings. The van der Waals surface area contributed by atoms with Crippen molar-refractivity contribution in [1.29, 1.82) is 0 Å². The van der Waals surface area contributed by atoms with Crippen LogP contribution in [0.5, 0.6) is 0 Å². The van der Waals surface area contributed by atoms with Gasteiger partial charge < -0.3 is 20.4 Å². The van der Waals surface area contributed by atoms with Crippen molar-refractivity contribution in [3.63, 3.8) is 0 Å². The van der Waals surface area contributed by atoms with Crippen LogP contribution in [0.3, 0.4) is 0 Å². The predicted octanol–water partition coefficient (Wildman–Crippen LogP) is 2.62. The van der Waals surface area contributed by atoms with Gasteiger partial charge in [-0.2, -0.15) is 0 Å².